The highest BCUT2D eigenvalue weighted by atomic mass is 19.1. The SMILES string of the molecule is O=C(N1CCCC(c2[nH]nc3nccnc23)C1)C1(c2cccc(F)c2)CC1. The first kappa shape index (κ1) is 16.4. The van der Waals surface area contributed by atoms with Crippen molar-refractivity contribution in [1.29, 1.82) is 0 Å². The van der Waals surface area contributed by atoms with E-state index in [0.29, 0.717) is 12.2 Å². The topological polar surface area (TPSA) is 74.8 Å². The number of halogens is 1. The predicted octanol–water partition coefficient (Wildman–Crippen LogP) is 2.93. The first-order chi connectivity index (χ1) is 13.2. The molecule has 2 aromatic heterocycles. The quantitative estimate of drug-likeness (QED) is 0.774. The summed E-state index contributed by atoms with van der Waals surface area (Å²) in [5.74, 6) is -0.00832. The van der Waals surface area contributed by atoms with Gasteiger partial charge in [0, 0.05) is 31.4 Å². The van der Waals surface area contributed by atoms with Gasteiger partial charge in [-0.15, -0.1) is 0 Å². The van der Waals surface area contributed by atoms with Crippen LogP contribution in [-0.2, 0) is 10.2 Å². The Morgan fingerprint density at radius 3 is 2.93 bits per heavy atom. The fourth-order valence-electron chi connectivity index (χ4n) is 4.29. The zero-order chi connectivity index (χ0) is 18.4. The Morgan fingerprint density at radius 1 is 1.26 bits per heavy atom. The number of aromatic amines is 1. The zero-order valence-electron chi connectivity index (χ0n) is 14.9. The largest absolute Gasteiger partial charge is 0.341 e. The molecule has 1 atom stereocenters. The molecule has 2 fully saturated rings. The molecule has 0 radical (unpaired) electrons. The molecule has 6 nitrogen and oxygen atoms in total. The maximum atomic E-state index is 13.7. The van der Waals surface area contributed by atoms with Gasteiger partial charge in [-0.3, -0.25) is 9.89 Å². The van der Waals surface area contributed by atoms with Crippen molar-refractivity contribution in [3.05, 3.63) is 53.7 Å². The van der Waals surface area contributed by atoms with Crippen LogP contribution in [0, 0.1) is 5.82 Å². The second-order valence-electron chi connectivity index (χ2n) is 7.55. The van der Waals surface area contributed by atoms with Crippen molar-refractivity contribution in [3.8, 4) is 0 Å². The van der Waals surface area contributed by atoms with Crippen molar-refractivity contribution in [2.24, 2.45) is 0 Å². The zero-order valence-corrected chi connectivity index (χ0v) is 14.9. The lowest BCUT2D eigenvalue weighted by molar-refractivity contribution is -0.135. The molecule has 5 rings (SSSR count). The molecule has 27 heavy (non-hydrogen) atoms. The van der Waals surface area contributed by atoms with Crippen LogP contribution in [0.5, 0.6) is 0 Å². The van der Waals surface area contributed by atoms with Gasteiger partial charge in [0.25, 0.3) is 0 Å². The van der Waals surface area contributed by atoms with E-state index >= 15 is 0 Å². The summed E-state index contributed by atoms with van der Waals surface area (Å²) in [5.41, 5.74) is 2.59. The Hall–Kier alpha value is -2.83. The lowest BCUT2D eigenvalue weighted by Gasteiger charge is -2.35. The Morgan fingerprint density at radius 2 is 2.11 bits per heavy atom. The number of H-pyrrole nitrogens is 1. The number of amides is 1. The molecule has 1 unspecified atom stereocenters. The van der Waals surface area contributed by atoms with Crippen LogP contribution in [0.4, 0.5) is 4.39 Å². The van der Waals surface area contributed by atoms with Gasteiger partial charge < -0.3 is 4.90 Å². The summed E-state index contributed by atoms with van der Waals surface area (Å²) >= 11 is 0. The van der Waals surface area contributed by atoms with E-state index < -0.39 is 5.41 Å². The minimum atomic E-state index is -0.542. The van der Waals surface area contributed by atoms with Crippen LogP contribution in [0.2, 0.25) is 0 Å². The van der Waals surface area contributed by atoms with Crippen molar-refractivity contribution in [2.45, 2.75) is 37.0 Å². The number of fused-ring (bicyclic) bond motifs is 1. The smallest absolute Gasteiger partial charge is 0.233 e. The molecule has 7 heteroatoms. The molecule has 138 valence electrons. The summed E-state index contributed by atoms with van der Waals surface area (Å²) < 4.78 is 13.7. The molecular weight excluding hydrogens is 345 g/mol. The molecule has 0 spiro atoms. The molecule has 1 saturated heterocycles. The molecule has 1 amide bonds. The fourth-order valence-corrected chi connectivity index (χ4v) is 4.29. The number of rotatable bonds is 3. The summed E-state index contributed by atoms with van der Waals surface area (Å²) in [6.07, 6.45) is 6.76. The minimum absolute atomic E-state index is 0.118. The number of aromatic nitrogens is 4. The molecule has 1 aromatic carbocycles. The Labute approximate surface area is 155 Å². The van der Waals surface area contributed by atoms with Crippen LogP contribution in [-0.4, -0.2) is 44.1 Å². The second kappa shape index (κ2) is 6.11. The monoisotopic (exact) mass is 365 g/mol. The third-order valence-electron chi connectivity index (χ3n) is 5.87. The lowest BCUT2D eigenvalue weighted by atomic mass is 9.90. The average Bonchev–Trinajstić information content (AvgIpc) is 3.41. The Bertz CT molecular complexity index is 1010. The van der Waals surface area contributed by atoms with Crippen LogP contribution in [0.3, 0.4) is 0 Å². The van der Waals surface area contributed by atoms with Crippen molar-refractivity contribution < 1.29 is 9.18 Å². The highest BCUT2D eigenvalue weighted by molar-refractivity contribution is 5.91. The number of benzene rings is 1. The third-order valence-corrected chi connectivity index (χ3v) is 5.87. The molecule has 3 aromatic rings. The summed E-state index contributed by atoms with van der Waals surface area (Å²) in [4.78, 5) is 23.9. The van der Waals surface area contributed by atoms with Crippen LogP contribution in [0.1, 0.15) is 42.9 Å². The van der Waals surface area contributed by atoms with E-state index in [1.54, 1.807) is 18.5 Å². The van der Waals surface area contributed by atoms with Crippen molar-refractivity contribution in [2.75, 3.05) is 13.1 Å². The fraction of sp³-hybridized carbons (Fsp3) is 0.400. The number of hydrogen-bond acceptors (Lipinski definition) is 4. The number of carbonyl (C=O) groups excluding carboxylic acids is 1. The number of likely N-dealkylation sites (tertiary alicyclic amines) is 1. The van der Waals surface area contributed by atoms with Crippen LogP contribution >= 0.6 is 0 Å². The van der Waals surface area contributed by atoms with Gasteiger partial charge in [0.1, 0.15) is 11.3 Å². The lowest BCUT2D eigenvalue weighted by Crippen LogP contribution is -2.44. The molecule has 2 aliphatic rings. The van der Waals surface area contributed by atoms with E-state index in [4.69, 9.17) is 0 Å². The highest BCUT2D eigenvalue weighted by Gasteiger charge is 2.53. The molecule has 1 aliphatic heterocycles. The molecule has 1 aliphatic carbocycles. The van der Waals surface area contributed by atoms with E-state index in [-0.39, 0.29) is 17.6 Å². The van der Waals surface area contributed by atoms with Gasteiger partial charge in [0.05, 0.1) is 11.1 Å². The Balaban J connectivity index is 1.40. The maximum Gasteiger partial charge on any atom is 0.233 e. The maximum absolute atomic E-state index is 13.7. The number of nitrogens with one attached hydrogen (secondary N) is 1. The molecule has 1 saturated carbocycles. The first-order valence-corrected chi connectivity index (χ1v) is 9.38. The number of carbonyl (C=O) groups is 1. The molecule has 3 heterocycles. The standard InChI is InChI=1S/C20H20FN5O/c21-15-5-1-4-14(11-15)20(6-7-20)19(27)26-10-2-3-13(12-26)16-17-18(25-24-16)23-9-8-22-17/h1,4-5,8-9,11,13H,2-3,6-7,10,12H2,(H,23,24,25). The van der Waals surface area contributed by atoms with Gasteiger partial charge in [-0.2, -0.15) is 5.10 Å². The van der Waals surface area contributed by atoms with Gasteiger partial charge in [0.15, 0.2) is 5.65 Å². The normalized spacial score (nSPS) is 21.4. The van der Waals surface area contributed by atoms with Gasteiger partial charge >= 0.3 is 0 Å². The van der Waals surface area contributed by atoms with E-state index in [1.165, 1.54) is 12.1 Å². The van der Waals surface area contributed by atoms with Gasteiger partial charge in [-0.25, -0.2) is 14.4 Å². The summed E-state index contributed by atoms with van der Waals surface area (Å²) in [6, 6.07) is 6.48. The van der Waals surface area contributed by atoms with Crippen molar-refractivity contribution in [1.82, 2.24) is 25.1 Å². The van der Waals surface area contributed by atoms with E-state index in [1.807, 2.05) is 11.0 Å². The van der Waals surface area contributed by atoms with E-state index in [9.17, 15) is 9.18 Å². The summed E-state index contributed by atoms with van der Waals surface area (Å²) in [5, 5.41) is 7.31. The summed E-state index contributed by atoms with van der Waals surface area (Å²) in [6.45, 7) is 1.37. The van der Waals surface area contributed by atoms with Crippen LogP contribution in [0.15, 0.2) is 36.7 Å². The minimum Gasteiger partial charge on any atom is -0.341 e. The van der Waals surface area contributed by atoms with E-state index in [0.717, 1.165) is 49.0 Å². The third kappa shape index (κ3) is 2.69. The van der Waals surface area contributed by atoms with Gasteiger partial charge in [-0.05, 0) is 43.4 Å². The second-order valence-corrected chi connectivity index (χ2v) is 7.55. The predicted molar refractivity (Wildman–Crippen MR) is 97.6 cm³/mol. The molecule has 1 N–H and O–H groups in total. The van der Waals surface area contributed by atoms with Gasteiger partial charge in [-0.1, -0.05) is 12.1 Å². The van der Waals surface area contributed by atoms with Gasteiger partial charge in [0.2, 0.25) is 5.91 Å². The van der Waals surface area contributed by atoms with Crippen LogP contribution < -0.4 is 0 Å². The number of nitrogens with zero attached hydrogens (tertiary/aromatic N) is 4. The van der Waals surface area contributed by atoms with E-state index in [2.05, 4.69) is 20.2 Å². The average molecular weight is 365 g/mol. The highest BCUT2D eigenvalue weighted by Crippen LogP contribution is 2.50. The first-order valence-electron chi connectivity index (χ1n) is 9.38. The molecule has 0 bridgehead atoms. The number of hydrogen-bond donors (Lipinski definition) is 1. The Kier molecular flexibility index (Phi) is 3.70. The molecular formula is C20H20FN5O. The van der Waals surface area contributed by atoms with Crippen molar-refractivity contribution in [3.63, 3.8) is 0 Å². The summed E-state index contributed by atoms with van der Waals surface area (Å²) in [7, 11) is 0. The van der Waals surface area contributed by atoms with Crippen molar-refractivity contribution >= 4 is 17.1 Å². The van der Waals surface area contributed by atoms with Crippen LogP contribution in [0.25, 0.3) is 11.2 Å². The number of piperidine rings is 1.